The minimum Gasteiger partial charge on any atom is -0.273 e. The number of allylic oxidation sites excluding steroid dienone is 2. The summed E-state index contributed by atoms with van der Waals surface area (Å²) in [6, 6.07) is 0.992. The summed E-state index contributed by atoms with van der Waals surface area (Å²) < 4.78 is 15.0. The van der Waals surface area contributed by atoms with E-state index >= 15 is 0 Å². The largest absolute Gasteiger partial charge is 0.334 e. The van der Waals surface area contributed by atoms with Gasteiger partial charge in [-0.1, -0.05) is 32.4 Å². The van der Waals surface area contributed by atoms with Gasteiger partial charge in [0.1, 0.15) is 0 Å². The van der Waals surface area contributed by atoms with Crippen LogP contribution in [0.4, 0.5) is 4.39 Å². The predicted octanol–water partition coefficient (Wildman–Crippen LogP) is 2.81. The molecule has 0 aliphatic carbocycles. The van der Waals surface area contributed by atoms with Crippen molar-refractivity contribution in [2.75, 3.05) is 0 Å². The van der Waals surface area contributed by atoms with E-state index in [1.165, 1.54) is 4.57 Å². The van der Waals surface area contributed by atoms with Crippen LogP contribution in [0, 0.1) is 17.7 Å². The van der Waals surface area contributed by atoms with Crippen LogP contribution in [0.1, 0.15) is 27.2 Å². The Balaban J connectivity index is 2.50. The Bertz CT molecular complexity index is 1000. The van der Waals surface area contributed by atoms with Crippen LogP contribution in [0.3, 0.4) is 0 Å². The summed E-state index contributed by atoms with van der Waals surface area (Å²) in [5.41, 5.74) is 0.0698. The Morgan fingerprint density at radius 2 is 2.12 bits per heavy atom. The highest BCUT2D eigenvalue weighted by Crippen LogP contribution is 2.32. The number of aromatic nitrogens is 3. The monoisotopic (exact) mass is 350 g/mol. The van der Waals surface area contributed by atoms with Gasteiger partial charge >= 0.3 is 5.69 Å². The molecule has 3 heterocycles. The molecule has 0 bridgehead atoms. The highest BCUT2D eigenvalue weighted by Gasteiger charge is 2.25. The Morgan fingerprint density at radius 3 is 2.79 bits per heavy atom. The fraction of sp³-hybridized carbons (Fsp3) is 0.375. The number of hydrogen-bond donors (Lipinski definition) is 1. The summed E-state index contributed by atoms with van der Waals surface area (Å²) in [5, 5.41) is -0.422. The molecule has 1 aliphatic heterocycles. The zero-order chi connectivity index (χ0) is 17.6. The van der Waals surface area contributed by atoms with Crippen LogP contribution in [0.25, 0.3) is 16.7 Å². The molecule has 0 saturated carbocycles. The van der Waals surface area contributed by atoms with Gasteiger partial charge in [-0.2, -0.15) is 0 Å². The number of aromatic amines is 1. The van der Waals surface area contributed by atoms with Gasteiger partial charge in [-0.15, -0.1) is 0 Å². The lowest BCUT2D eigenvalue weighted by atomic mass is 9.95. The van der Waals surface area contributed by atoms with Gasteiger partial charge in [-0.3, -0.25) is 14.8 Å². The summed E-state index contributed by atoms with van der Waals surface area (Å²) >= 11 is 5.78. The van der Waals surface area contributed by atoms with Gasteiger partial charge < -0.3 is 0 Å². The molecular weight excluding hydrogens is 335 g/mol. The van der Waals surface area contributed by atoms with Crippen molar-refractivity contribution in [1.29, 1.82) is 0 Å². The zero-order valence-corrected chi connectivity index (χ0v) is 14.2. The normalized spacial score (nSPS) is 18.0. The number of fused-ring (bicyclic) bond motifs is 1. The highest BCUT2D eigenvalue weighted by atomic mass is 35.5. The molecule has 2 aromatic heterocycles. The number of nitrogens with one attached hydrogen (secondary N) is 1. The summed E-state index contributed by atoms with van der Waals surface area (Å²) in [5.74, 6) is -0.770. The molecule has 0 saturated heterocycles. The van der Waals surface area contributed by atoms with E-state index in [-0.39, 0.29) is 28.0 Å². The highest BCUT2D eigenvalue weighted by molar-refractivity contribution is 6.29. The lowest BCUT2D eigenvalue weighted by Crippen LogP contribution is -2.33. The molecule has 1 aliphatic rings. The number of nitrogens with zero attached hydrogens (tertiary/aromatic N) is 3. The first-order chi connectivity index (χ1) is 11.3. The molecule has 1 N–H and O–H groups in total. The van der Waals surface area contributed by atoms with Crippen LogP contribution in [0.2, 0.25) is 5.15 Å². The Morgan fingerprint density at radius 1 is 1.42 bits per heavy atom. The van der Waals surface area contributed by atoms with Crippen molar-refractivity contribution >= 4 is 34.5 Å². The fourth-order valence-corrected chi connectivity index (χ4v) is 2.99. The number of aliphatic imine (C=N–C) groups is 1. The average molecular weight is 351 g/mol. The Kier molecular flexibility index (Phi) is 4.13. The summed E-state index contributed by atoms with van der Waals surface area (Å²) in [7, 11) is 0. The molecule has 1 atom stereocenters. The average Bonchev–Trinajstić information content (AvgIpc) is 2.50. The first kappa shape index (κ1) is 16.6. The van der Waals surface area contributed by atoms with Crippen molar-refractivity contribution in [3.63, 3.8) is 0 Å². The lowest BCUT2D eigenvalue weighted by molar-refractivity contribution is 0.622. The number of hydrogen-bond acceptors (Lipinski definition) is 4. The first-order valence-corrected chi connectivity index (χ1v) is 7.97. The van der Waals surface area contributed by atoms with Gasteiger partial charge in [-0.25, -0.2) is 18.7 Å². The quantitative estimate of drug-likeness (QED) is 0.846. The van der Waals surface area contributed by atoms with Crippen LogP contribution in [-0.2, 0) is 0 Å². The maximum Gasteiger partial charge on any atom is 0.334 e. The van der Waals surface area contributed by atoms with Crippen LogP contribution in [0.15, 0.2) is 26.3 Å². The van der Waals surface area contributed by atoms with Gasteiger partial charge in [0, 0.05) is 12.1 Å². The number of rotatable bonds is 2. The molecule has 8 heteroatoms. The van der Waals surface area contributed by atoms with Crippen molar-refractivity contribution in [3.05, 3.63) is 43.6 Å². The van der Waals surface area contributed by atoms with Gasteiger partial charge in [-0.05, 0) is 18.4 Å². The summed E-state index contributed by atoms with van der Waals surface area (Å²) in [6.07, 6.45) is 2.45. The number of halogens is 2. The molecule has 24 heavy (non-hydrogen) atoms. The van der Waals surface area contributed by atoms with E-state index in [2.05, 4.69) is 15.0 Å². The van der Waals surface area contributed by atoms with Gasteiger partial charge in [0.05, 0.1) is 16.8 Å². The standard InChI is InChI=1S/C16H16ClFN4O2/c1-7(2)11-12(8(3)4-5-19-11)22-14-9(15(23)21-16(22)24)6-10(18)13(17)20-14/h5-8H,4H2,1-3H3,(H,21,23,24). The van der Waals surface area contributed by atoms with Gasteiger partial charge in [0.2, 0.25) is 0 Å². The van der Waals surface area contributed by atoms with E-state index < -0.39 is 17.1 Å². The van der Waals surface area contributed by atoms with E-state index in [0.717, 1.165) is 11.8 Å². The second-order valence-corrected chi connectivity index (χ2v) is 6.46. The summed E-state index contributed by atoms with van der Waals surface area (Å²) in [6.45, 7) is 5.88. The van der Waals surface area contributed by atoms with E-state index in [4.69, 9.17) is 11.6 Å². The molecule has 0 radical (unpaired) electrons. The first-order valence-electron chi connectivity index (χ1n) is 7.59. The molecule has 126 valence electrons. The van der Waals surface area contributed by atoms with Crippen molar-refractivity contribution in [2.45, 2.75) is 27.2 Å². The Hall–Kier alpha value is -2.28. The van der Waals surface area contributed by atoms with Crippen LogP contribution in [0.5, 0.6) is 0 Å². The third-order valence-electron chi connectivity index (χ3n) is 4.00. The molecule has 3 rings (SSSR count). The smallest absolute Gasteiger partial charge is 0.273 e. The van der Waals surface area contributed by atoms with Crippen LogP contribution in [-0.4, -0.2) is 20.7 Å². The number of pyridine rings is 1. The molecule has 0 fully saturated rings. The second kappa shape index (κ2) is 5.98. The maximum absolute atomic E-state index is 13.7. The molecule has 0 spiro atoms. The molecular formula is C16H16ClFN4O2. The van der Waals surface area contributed by atoms with Crippen molar-refractivity contribution in [1.82, 2.24) is 14.5 Å². The van der Waals surface area contributed by atoms with E-state index in [0.29, 0.717) is 12.1 Å². The van der Waals surface area contributed by atoms with E-state index in [1.807, 2.05) is 27.0 Å². The van der Waals surface area contributed by atoms with E-state index in [9.17, 15) is 14.0 Å². The molecule has 2 aromatic rings. The molecule has 6 nitrogen and oxygen atoms in total. The minimum atomic E-state index is -0.812. The topological polar surface area (TPSA) is 80.1 Å². The number of H-pyrrole nitrogens is 1. The van der Waals surface area contributed by atoms with Crippen LogP contribution >= 0.6 is 11.6 Å². The lowest BCUT2D eigenvalue weighted by Gasteiger charge is -2.25. The van der Waals surface area contributed by atoms with Crippen molar-refractivity contribution in [3.8, 4) is 0 Å². The molecule has 0 aromatic carbocycles. The fourth-order valence-electron chi connectivity index (χ4n) is 2.85. The zero-order valence-electron chi connectivity index (χ0n) is 13.4. The van der Waals surface area contributed by atoms with Gasteiger partial charge in [0.15, 0.2) is 16.6 Å². The minimum absolute atomic E-state index is 0.0164. The molecule has 0 amide bonds. The van der Waals surface area contributed by atoms with Crippen LogP contribution < -0.4 is 11.2 Å². The van der Waals surface area contributed by atoms with Crippen molar-refractivity contribution in [2.24, 2.45) is 16.8 Å². The summed E-state index contributed by atoms with van der Waals surface area (Å²) in [4.78, 5) is 35.1. The maximum atomic E-state index is 13.7. The Labute approximate surface area is 141 Å². The van der Waals surface area contributed by atoms with Crippen molar-refractivity contribution < 1.29 is 4.39 Å². The predicted molar refractivity (Wildman–Crippen MR) is 91.9 cm³/mol. The SMILES string of the molecule is CC(C)C1=C(n2c(=O)[nH]c(=O)c3cc(F)c(Cl)nc32)C(C)CC=N1. The molecule has 1 unspecified atom stereocenters. The van der Waals surface area contributed by atoms with E-state index in [1.54, 1.807) is 0 Å². The second-order valence-electron chi connectivity index (χ2n) is 6.10. The third-order valence-corrected chi connectivity index (χ3v) is 4.26. The van der Waals surface area contributed by atoms with Gasteiger partial charge in [0.25, 0.3) is 5.56 Å². The third kappa shape index (κ3) is 2.58.